The molecular weight excluding hydrogens is 593 g/mol. The van der Waals surface area contributed by atoms with E-state index in [1.54, 1.807) is 30.7 Å². The van der Waals surface area contributed by atoms with E-state index in [4.69, 9.17) is 20.8 Å². The zero-order valence-corrected chi connectivity index (χ0v) is 28.6. The molecule has 250 valence electrons. The summed E-state index contributed by atoms with van der Waals surface area (Å²) in [4.78, 5) is 45.5. The Morgan fingerprint density at radius 2 is 1.70 bits per heavy atom. The van der Waals surface area contributed by atoms with E-state index < -0.39 is 0 Å². The molecule has 1 aliphatic heterocycles. The number of rotatable bonds is 6. The van der Waals surface area contributed by atoms with Crippen molar-refractivity contribution in [2.45, 2.75) is 52.8 Å². The summed E-state index contributed by atoms with van der Waals surface area (Å²) in [5.74, 6) is 0.522. The molecule has 4 N–H and O–H groups in total. The van der Waals surface area contributed by atoms with Crippen LogP contribution in [0.1, 0.15) is 66.6 Å². The molecule has 1 fully saturated rings. The summed E-state index contributed by atoms with van der Waals surface area (Å²) in [7, 11) is 4.41. The van der Waals surface area contributed by atoms with Crippen molar-refractivity contribution in [2.24, 2.45) is 0 Å². The average Bonchev–Trinajstić information content (AvgIpc) is 3.07. The number of carbonyl (C=O) groups excluding carboxylic acids is 3. The van der Waals surface area contributed by atoms with Gasteiger partial charge in [-0.15, -0.1) is 0 Å². The van der Waals surface area contributed by atoms with Gasteiger partial charge in [-0.3, -0.25) is 14.4 Å². The number of benzene rings is 2. The number of pyridine rings is 1. The van der Waals surface area contributed by atoms with Crippen LogP contribution in [0.25, 0.3) is 22.2 Å². The summed E-state index contributed by atoms with van der Waals surface area (Å²) in [6.45, 7) is 10.7. The van der Waals surface area contributed by atoms with Crippen LogP contribution in [0.15, 0.2) is 36.4 Å². The maximum absolute atomic E-state index is 13.1. The molecule has 1 atom stereocenters. The molecule has 0 radical (unpaired) electrons. The Labute approximate surface area is 278 Å². The number of fused-ring (bicyclic) bond motifs is 3. The Balaban J connectivity index is 0.000000429. The molecule has 1 aromatic heterocycles. The third-order valence-electron chi connectivity index (χ3n) is 8.72. The van der Waals surface area contributed by atoms with Gasteiger partial charge >= 0.3 is 18.7 Å². The number of hydrogen-bond acceptors (Lipinski definition) is 8. The molecular formula is C35H48BN7O4. The van der Waals surface area contributed by atoms with E-state index in [1.807, 2.05) is 48.3 Å². The van der Waals surface area contributed by atoms with Crippen molar-refractivity contribution in [3.8, 4) is 11.3 Å². The van der Waals surface area contributed by atoms with Crippen molar-refractivity contribution in [1.82, 2.24) is 25.0 Å². The Kier molecular flexibility index (Phi) is 13.8. The molecule has 11 nitrogen and oxygen atoms in total. The fraction of sp³-hybridized carbons (Fsp3) is 0.457. The zero-order chi connectivity index (χ0) is 34.7. The van der Waals surface area contributed by atoms with Gasteiger partial charge in [0.1, 0.15) is 0 Å². The molecule has 12 heteroatoms. The maximum atomic E-state index is 13.1. The molecule has 3 aromatic rings. The van der Waals surface area contributed by atoms with E-state index in [-0.39, 0.29) is 17.7 Å². The molecule has 2 aromatic carbocycles. The standard InChI is InChI=1S/C28H31N5O2.C6H14N2O.CH3BO/c1-17-4-3-5-21-25(17)26-22(16-29)23(30)10-11-24(26)31-27(21)19-6-8-20(9-7-19)28(35)33-14-12-32(13-15-33)18(2)34;1-6(9)8(3)5-4-7-2;1-2-3/h6-11,16-17,29H,3-5,12-15,30H2,1-2H3;7H,4-5H2,1-3H3;1H3. The topological polar surface area (TPSA) is 153 Å². The summed E-state index contributed by atoms with van der Waals surface area (Å²) < 4.78 is 8.81. The van der Waals surface area contributed by atoms with Crippen LogP contribution in [0.4, 0.5) is 5.69 Å². The number of nitrogens with zero attached hydrogens (tertiary/aromatic N) is 4. The fourth-order valence-electron chi connectivity index (χ4n) is 6.00. The normalized spacial score (nSPS) is 15.2. The summed E-state index contributed by atoms with van der Waals surface area (Å²) in [6.07, 6.45) is 4.48. The second kappa shape index (κ2) is 17.5. The van der Waals surface area contributed by atoms with E-state index >= 15 is 0 Å². The van der Waals surface area contributed by atoms with Crippen LogP contribution in [-0.2, 0) is 20.7 Å². The van der Waals surface area contributed by atoms with Gasteiger partial charge in [-0.25, -0.2) is 4.98 Å². The first-order valence-electron chi connectivity index (χ1n) is 16.2. The fourth-order valence-corrected chi connectivity index (χ4v) is 6.00. The molecule has 0 saturated carbocycles. The second-order valence-corrected chi connectivity index (χ2v) is 11.9. The largest absolute Gasteiger partial charge is 0.398 e. The van der Waals surface area contributed by atoms with Gasteiger partial charge in [-0.2, -0.15) is 0 Å². The molecule has 1 saturated heterocycles. The van der Waals surface area contributed by atoms with E-state index in [0.717, 1.165) is 67.2 Å². The third kappa shape index (κ3) is 9.09. The Morgan fingerprint density at radius 1 is 1.09 bits per heavy atom. The summed E-state index contributed by atoms with van der Waals surface area (Å²) >= 11 is 0. The molecule has 0 spiro atoms. The maximum Gasteiger partial charge on any atom is 0.253 e. The minimum absolute atomic E-state index is 0.00651. The molecule has 47 heavy (non-hydrogen) atoms. The monoisotopic (exact) mass is 641 g/mol. The number of nitrogens with one attached hydrogen (secondary N) is 2. The number of aromatic nitrogens is 1. The van der Waals surface area contributed by atoms with Crippen LogP contribution in [0, 0.1) is 5.41 Å². The first-order valence-corrected chi connectivity index (χ1v) is 16.2. The van der Waals surface area contributed by atoms with Gasteiger partial charge in [-0.05, 0) is 67.6 Å². The first-order chi connectivity index (χ1) is 22.5. The van der Waals surface area contributed by atoms with Gasteiger partial charge < -0.3 is 31.2 Å². The Hall–Kier alpha value is -4.45. The predicted octanol–water partition coefficient (Wildman–Crippen LogP) is 3.99. The van der Waals surface area contributed by atoms with Crippen LogP contribution in [0.3, 0.4) is 0 Å². The number of piperazine rings is 1. The van der Waals surface area contributed by atoms with Crippen LogP contribution in [0.2, 0.25) is 6.82 Å². The quantitative estimate of drug-likeness (QED) is 0.209. The molecule has 1 unspecified atom stereocenters. The van der Waals surface area contributed by atoms with Gasteiger partial charge in [0.15, 0.2) is 0 Å². The van der Waals surface area contributed by atoms with Gasteiger partial charge in [-0.1, -0.05) is 19.1 Å². The summed E-state index contributed by atoms with van der Waals surface area (Å²) in [5.41, 5.74) is 13.5. The second-order valence-electron chi connectivity index (χ2n) is 11.9. The first kappa shape index (κ1) is 37.0. The molecule has 2 aliphatic rings. The van der Waals surface area contributed by atoms with Crippen molar-refractivity contribution in [2.75, 3.05) is 59.1 Å². The van der Waals surface area contributed by atoms with E-state index in [0.29, 0.717) is 43.3 Å². The number of carbonyl (C=O) groups is 3. The van der Waals surface area contributed by atoms with Crippen LogP contribution >= 0.6 is 0 Å². The van der Waals surface area contributed by atoms with Crippen molar-refractivity contribution >= 4 is 47.7 Å². The van der Waals surface area contributed by atoms with Gasteiger partial charge in [0.25, 0.3) is 5.91 Å². The van der Waals surface area contributed by atoms with Gasteiger partial charge in [0.05, 0.1) is 11.2 Å². The third-order valence-corrected chi connectivity index (χ3v) is 8.72. The molecule has 1 aliphatic carbocycles. The van der Waals surface area contributed by atoms with Gasteiger partial charge in [0.2, 0.25) is 11.8 Å². The minimum atomic E-state index is -0.00651. The minimum Gasteiger partial charge on any atom is -0.398 e. The Bertz CT molecular complexity index is 1590. The van der Waals surface area contributed by atoms with Crippen LogP contribution in [0.5, 0.6) is 0 Å². The number of hydrogen-bond donors (Lipinski definition) is 3. The predicted molar refractivity (Wildman–Crippen MR) is 189 cm³/mol. The summed E-state index contributed by atoms with van der Waals surface area (Å²) in [5, 5.41) is 11.9. The van der Waals surface area contributed by atoms with E-state index in [9.17, 15) is 14.4 Å². The van der Waals surface area contributed by atoms with E-state index in [2.05, 4.69) is 12.2 Å². The van der Waals surface area contributed by atoms with E-state index in [1.165, 1.54) is 24.2 Å². The van der Waals surface area contributed by atoms with Gasteiger partial charge in [0, 0.05) is 94.1 Å². The number of amides is 3. The van der Waals surface area contributed by atoms with Crippen LogP contribution < -0.4 is 11.1 Å². The van der Waals surface area contributed by atoms with Crippen LogP contribution in [-0.4, -0.2) is 104 Å². The smallest absolute Gasteiger partial charge is 0.253 e. The average molecular weight is 642 g/mol. The zero-order valence-electron chi connectivity index (χ0n) is 28.6. The van der Waals surface area contributed by atoms with Crippen molar-refractivity contribution in [3.05, 3.63) is 58.7 Å². The molecule has 5 rings (SSSR count). The number of anilines is 1. The number of likely N-dealkylation sites (N-methyl/N-ethyl adjacent to an activating group) is 2. The van der Waals surface area contributed by atoms with Crippen molar-refractivity contribution < 1.29 is 19.1 Å². The molecule has 0 bridgehead atoms. The molecule has 2 heterocycles. The number of nitrogens with two attached hydrogens (primary N) is 1. The SMILES string of the molecule is CB=O.CC(=O)N1CCN(C(=O)c2ccc(-c3nc4ccc(N)c(C=N)c4c4c3CCCC4C)cc2)CC1.CNCCN(C)C(C)=O. The number of nitrogen functional groups attached to an aromatic ring is 1. The summed E-state index contributed by atoms with van der Waals surface area (Å²) in [6, 6.07) is 11.5. The Morgan fingerprint density at radius 3 is 2.26 bits per heavy atom. The van der Waals surface area contributed by atoms with Crippen molar-refractivity contribution in [1.29, 1.82) is 5.41 Å². The van der Waals surface area contributed by atoms with Crippen molar-refractivity contribution in [3.63, 3.8) is 0 Å². The molecule has 3 amide bonds.